The molecule has 0 aromatic heterocycles. The number of aliphatic imine (C=N–C) groups is 2. The molecule has 0 bridgehead atoms. The second-order valence-corrected chi connectivity index (χ2v) is 23.6. The van der Waals surface area contributed by atoms with Crippen molar-refractivity contribution in [1.29, 1.82) is 0 Å². The van der Waals surface area contributed by atoms with Crippen molar-refractivity contribution >= 4 is 94.6 Å². The molecular weight excluding hydrogens is 1320 g/mol. The molecule has 101 heavy (non-hydrogen) atoms. The third kappa shape index (κ3) is 35.7. The van der Waals surface area contributed by atoms with E-state index in [9.17, 15) is 77.3 Å². The lowest BCUT2D eigenvalue weighted by Gasteiger charge is -2.26. The minimum atomic E-state index is -1.74. The molecule has 0 aliphatic rings. The molecule has 38 nitrogen and oxygen atoms in total. The van der Waals surface area contributed by atoms with Gasteiger partial charge in [-0.1, -0.05) is 60.7 Å². The monoisotopic (exact) mass is 1420 g/mol. The number of primary amides is 1. The highest BCUT2D eigenvalue weighted by molar-refractivity contribution is 5.99. The second kappa shape index (κ2) is 47.4. The van der Waals surface area contributed by atoms with E-state index in [0.29, 0.717) is 31.4 Å². The van der Waals surface area contributed by atoms with Crippen molar-refractivity contribution in [1.82, 2.24) is 69.1 Å². The van der Waals surface area contributed by atoms with Gasteiger partial charge in [-0.3, -0.25) is 77.1 Å². The highest BCUT2D eigenvalue weighted by atomic mass is 16.3. The topological polar surface area (TPSA) is 643 Å². The van der Waals surface area contributed by atoms with Crippen molar-refractivity contribution in [2.45, 2.75) is 171 Å². The minimum absolute atomic E-state index is 0.0306. The summed E-state index contributed by atoms with van der Waals surface area (Å²) < 4.78 is 0. The van der Waals surface area contributed by atoms with E-state index >= 15 is 0 Å². The van der Waals surface area contributed by atoms with E-state index in [1.165, 1.54) is 20.8 Å². The third-order valence-electron chi connectivity index (χ3n) is 14.9. The fourth-order valence-electron chi connectivity index (χ4n) is 9.50. The smallest absolute Gasteiger partial charge is 0.245 e. The van der Waals surface area contributed by atoms with Crippen molar-refractivity contribution in [2.75, 3.05) is 52.4 Å². The number of carbonyl (C=O) groups is 14. The predicted molar refractivity (Wildman–Crippen MR) is 369 cm³/mol. The molecule has 560 valence electrons. The molecule has 2 aromatic carbocycles. The fraction of sp³-hybridized carbons (Fsp3) is 0.556. The number of guanidine groups is 2. The summed E-state index contributed by atoms with van der Waals surface area (Å²) in [5.74, 6) is -12.8. The summed E-state index contributed by atoms with van der Waals surface area (Å²) in [5, 5.41) is 52.6. The van der Waals surface area contributed by atoms with Crippen LogP contribution in [0.5, 0.6) is 0 Å². The number of nitrogens with two attached hydrogens (primary N) is 7. The van der Waals surface area contributed by atoms with Crippen molar-refractivity contribution in [3.63, 3.8) is 0 Å². The van der Waals surface area contributed by atoms with Gasteiger partial charge in [0.15, 0.2) is 11.9 Å². The summed E-state index contributed by atoms with van der Waals surface area (Å²) in [4.78, 5) is 194. The molecular formula is C63H102N22O16. The summed E-state index contributed by atoms with van der Waals surface area (Å²) in [6, 6.07) is 3.08. The van der Waals surface area contributed by atoms with Gasteiger partial charge < -0.3 is 119 Å². The lowest BCUT2D eigenvalue weighted by Crippen LogP contribution is -2.60. The largest absolute Gasteiger partial charge is 0.394 e. The molecule has 0 saturated heterocycles. The first kappa shape index (κ1) is 86.5. The Morgan fingerprint density at radius 1 is 0.396 bits per heavy atom. The average Bonchev–Trinajstić information content (AvgIpc) is 0.895. The fourth-order valence-corrected chi connectivity index (χ4v) is 9.50. The number of hydrogen-bond donors (Lipinski definition) is 22. The molecule has 0 fully saturated rings. The highest BCUT2D eigenvalue weighted by Gasteiger charge is 2.35. The number of nitrogens with zero attached hydrogens (tertiary/aromatic N) is 2. The van der Waals surface area contributed by atoms with E-state index in [1.54, 1.807) is 60.7 Å². The first-order valence-electron chi connectivity index (χ1n) is 32.9. The molecule has 0 aliphatic heterocycles. The molecule has 11 atom stereocenters. The number of amides is 14. The molecule has 0 heterocycles. The van der Waals surface area contributed by atoms with Gasteiger partial charge in [-0.25, -0.2) is 0 Å². The summed E-state index contributed by atoms with van der Waals surface area (Å²) >= 11 is 0. The average molecular weight is 1420 g/mol. The van der Waals surface area contributed by atoms with Gasteiger partial charge in [0.1, 0.15) is 60.4 Å². The van der Waals surface area contributed by atoms with Gasteiger partial charge in [-0.05, 0) is 109 Å². The van der Waals surface area contributed by atoms with Crippen LogP contribution in [0.25, 0.3) is 0 Å². The summed E-state index contributed by atoms with van der Waals surface area (Å²) in [6.07, 6.45) is 0.0786. The molecule has 14 amide bonds. The Labute approximate surface area is 584 Å². The molecule has 0 radical (unpaired) electrons. The van der Waals surface area contributed by atoms with Gasteiger partial charge in [-0.2, -0.15) is 0 Å². The Morgan fingerprint density at radius 2 is 0.772 bits per heavy atom. The summed E-state index contributed by atoms with van der Waals surface area (Å²) in [6.45, 7) is 2.30. The maximum absolute atomic E-state index is 14.1. The van der Waals surface area contributed by atoms with E-state index < -0.39 is 175 Å². The van der Waals surface area contributed by atoms with Crippen molar-refractivity contribution < 1.29 is 77.3 Å². The van der Waals surface area contributed by atoms with E-state index in [4.69, 9.17) is 40.1 Å². The molecule has 2 rings (SSSR count). The van der Waals surface area contributed by atoms with Crippen molar-refractivity contribution in [3.05, 3.63) is 71.8 Å². The van der Waals surface area contributed by atoms with Crippen LogP contribution in [0.2, 0.25) is 0 Å². The predicted octanol–water partition coefficient (Wildman–Crippen LogP) is -9.05. The van der Waals surface area contributed by atoms with E-state index in [0.717, 1.165) is 12.5 Å². The Balaban J connectivity index is 2.19. The van der Waals surface area contributed by atoms with Gasteiger partial charge in [0.05, 0.1) is 32.3 Å². The zero-order valence-corrected chi connectivity index (χ0v) is 57.3. The first-order chi connectivity index (χ1) is 47.9. The van der Waals surface area contributed by atoms with Crippen LogP contribution in [-0.4, -0.2) is 224 Å². The highest BCUT2D eigenvalue weighted by Crippen LogP contribution is 2.10. The lowest BCUT2D eigenvalue weighted by molar-refractivity contribution is -0.136. The number of benzene rings is 2. The molecule has 29 N–H and O–H groups in total. The lowest BCUT2D eigenvalue weighted by atomic mass is 10.0. The van der Waals surface area contributed by atoms with E-state index in [2.05, 4.69) is 79.1 Å². The van der Waals surface area contributed by atoms with Crippen molar-refractivity contribution in [2.24, 2.45) is 50.1 Å². The zero-order valence-electron chi connectivity index (χ0n) is 57.3. The van der Waals surface area contributed by atoms with E-state index in [-0.39, 0.29) is 89.3 Å². The number of aliphatic hydroxyl groups excluding tert-OH is 2. The van der Waals surface area contributed by atoms with Crippen LogP contribution in [0.4, 0.5) is 0 Å². The SMILES string of the molecule is CC(=O)N[C@@H](Cc1ccccc1)C(=O)NCC(=O)NCC(=O)N[C@@H](Cc1ccccc1)C(=O)N[C@H](C(=O)NCC(=O)N[C@@H](C)C(=O)N[C@@H](CCCN=C(N)N)C(=O)N[C@@H](CCCCN)C(=O)N[C@@H](CO)C(=O)N[C@@H](C)C(=O)N[C@@H](CCCN=C(N)N)C(=O)N[C@@H](CCCCN)C(N)=O)[C@@H](C)O. The quantitative estimate of drug-likeness (QED) is 0.0166. The maximum Gasteiger partial charge on any atom is 0.245 e. The van der Waals surface area contributed by atoms with Crippen LogP contribution in [0.3, 0.4) is 0 Å². The number of hydrogen-bond acceptors (Lipinski definition) is 20. The molecule has 0 saturated carbocycles. The van der Waals surface area contributed by atoms with Crippen LogP contribution in [0.1, 0.15) is 103 Å². The Kier molecular flexibility index (Phi) is 40.6. The molecule has 0 aliphatic carbocycles. The Morgan fingerprint density at radius 3 is 1.22 bits per heavy atom. The number of carbonyl (C=O) groups excluding carboxylic acids is 14. The van der Waals surface area contributed by atoms with Crippen molar-refractivity contribution in [3.8, 4) is 0 Å². The number of rotatable bonds is 48. The van der Waals surface area contributed by atoms with Gasteiger partial charge in [0.2, 0.25) is 82.7 Å². The zero-order chi connectivity index (χ0) is 75.6. The minimum Gasteiger partial charge on any atom is -0.394 e. The first-order valence-corrected chi connectivity index (χ1v) is 32.9. The Hall–Kier alpha value is -10.6. The van der Waals surface area contributed by atoms with Gasteiger partial charge in [-0.15, -0.1) is 0 Å². The molecule has 0 unspecified atom stereocenters. The van der Waals surface area contributed by atoms with Gasteiger partial charge in [0, 0.05) is 32.9 Å². The van der Waals surface area contributed by atoms with E-state index in [1.807, 2.05) is 0 Å². The van der Waals surface area contributed by atoms with Crippen LogP contribution >= 0.6 is 0 Å². The van der Waals surface area contributed by atoms with Crippen LogP contribution in [0, 0.1) is 0 Å². The normalized spacial score (nSPS) is 14.1. The second-order valence-electron chi connectivity index (χ2n) is 23.6. The molecule has 2 aromatic rings. The number of aliphatic hydroxyl groups is 2. The third-order valence-corrected chi connectivity index (χ3v) is 14.9. The standard InChI is InChI=1S/C63H102N22O16/c1-35(76-49(90)33-75-61(101)51(37(3)87)85-59(99)46(30-40-19-9-6-10-20-40)79-50(91)32-73-48(89)31-74-55(95)45(78-38(4)88)29-39-17-7-5-8-18-39)53(93)81-44(24-16-28-72-63(69)70)57(97)83-42(22-12-14-26-65)58(98)84-47(34-86)60(100)77-36(2)54(94)82-43(23-15-27-71-62(67)68)56(96)80-41(52(66)92)21-11-13-25-64/h5-10,17-20,35-37,41-47,51,86-87H,11-16,21-34,64-65H2,1-4H3,(H2,66,92)(H,73,89)(H,74,95)(H,75,101)(H,76,90)(H,77,100)(H,78,88)(H,79,91)(H,80,96)(H,81,93)(H,82,94)(H,83,97)(H,84,98)(H,85,99)(H4,67,68,71)(H4,69,70,72)/t35-,36-,37+,41-,42-,43-,44-,45-,46-,47-,51-/m0/s1. The van der Waals surface area contributed by atoms with Gasteiger partial charge >= 0.3 is 0 Å². The van der Waals surface area contributed by atoms with Gasteiger partial charge in [0.25, 0.3) is 0 Å². The molecule has 0 spiro atoms. The number of unbranched alkanes of at least 4 members (excludes halogenated alkanes) is 2. The number of nitrogens with one attached hydrogen (secondary N) is 13. The summed E-state index contributed by atoms with van der Waals surface area (Å²) in [7, 11) is 0. The molecule has 38 heteroatoms. The van der Waals surface area contributed by atoms with Crippen LogP contribution in [-0.2, 0) is 80.0 Å². The summed E-state index contributed by atoms with van der Waals surface area (Å²) in [5.41, 5.74) is 39.9. The maximum atomic E-state index is 14.1. The van der Waals surface area contributed by atoms with Crippen LogP contribution < -0.4 is 109 Å². The van der Waals surface area contributed by atoms with Crippen LogP contribution in [0.15, 0.2) is 70.6 Å². The Bertz CT molecular complexity index is 3120.